The molecule has 0 radical (unpaired) electrons. The van der Waals surface area contributed by atoms with Crippen LogP contribution in [0, 0.1) is 19.8 Å². The highest BCUT2D eigenvalue weighted by Crippen LogP contribution is 2.44. The zero-order valence-electron chi connectivity index (χ0n) is 16.8. The first-order chi connectivity index (χ1) is 14.1. The molecule has 0 aromatic heterocycles. The van der Waals surface area contributed by atoms with Crippen LogP contribution in [0.1, 0.15) is 42.0 Å². The van der Waals surface area contributed by atoms with E-state index >= 15 is 0 Å². The van der Waals surface area contributed by atoms with Gasteiger partial charge in [0.15, 0.2) is 5.70 Å². The van der Waals surface area contributed by atoms with Crippen molar-refractivity contribution in [3.63, 3.8) is 0 Å². The summed E-state index contributed by atoms with van der Waals surface area (Å²) in [4.78, 5) is 0. The van der Waals surface area contributed by atoms with Crippen molar-refractivity contribution in [2.45, 2.75) is 51.4 Å². The third kappa shape index (κ3) is 3.54. The van der Waals surface area contributed by atoms with Crippen molar-refractivity contribution in [2.75, 3.05) is 0 Å². The summed E-state index contributed by atoms with van der Waals surface area (Å²) in [5.41, 5.74) is 8.34. The Hall–Kier alpha value is -2.70. The lowest BCUT2D eigenvalue weighted by Crippen LogP contribution is -2.58. The summed E-state index contributed by atoms with van der Waals surface area (Å²) in [6.45, 7) is 4.30. The number of hydrogen-bond donors (Lipinski definition) is 3. The predicted octanol–water partition coefficient (Wildman–Crippen LogP) is 4.77. The van der Waals surface area contributed by atoms with Crippen LogP contribution in [0.5, 0.6) is 0 Å². The maximum atomic E-state index is 10.6. The summed E-state index contributed by atoms with van der Waals surface area (Å²) < 4.78 is 0. The van der Waals surface area contributed by atoms with Gasteiger partial charge in [-0.2, -0.15) is 10.1 Å². The standard InChI is InChI=1S/C23H27N5O/c1-14-8-11-18(15(2)12-14)20-13-19(16-9-10-16)24-22-21(23(29)27-28(20)22)26-25-17-6-4-3-5-7-17/h3-8,11-12,16,19-20,22,24,27,29H,9-10,13H2,1-2H3. The molecule has 3 aliphatic rings. The highest BCUT2D eigenvalue weighted by atomic mass is 16.3. The molecule has 2 aromatic carbocycles. The third-order valence-corrected chi connectivity index (χ3v) is 6.20. The molecule has 0 spiro atoms. The van der Waals surface area contributed by atoms with Crippen LogP contribution >= 0.6 is 0 Å². The van der Waals surface area contributed by atoms with Gasteiger partial charge in [0.25, 0.3) is 0 Å². The van der Waals surface area contributed by atoms with Crippen LogP contribution in [-0.2, 0) is 0 Å². The molecule has 2 heterocycles. The molecule has 150 valence electrons. The van der Waals surface area contributed by atoms with Gasteiger partial charge in [0.1, 0.15) is 6.17 Å². The third-order valence-electron chi connectivity index (χ3n) is 6.20. The average molecular weight is 390 g/mol. The van der Waals surface area contributed by atoms with Crippen molar-refractivity contribution in [3.8, 4) is 0 Å². The summed E-state index contributed by atoms with van der Waals surface area (Å²) in [5, 5.41) is 25.2. The molecule has 2 fully saturated rings. The maximum absolute atomic E-state index is 10.6. The van der Waals surface area contributed by atoms with Crippen molar-refractivity contribution < 1.29 is 5.11 Å². The second-order valence-electron chi connectivity index (χ2n) is 8.41. The van der Waals surface area contributed by atoms with Crippen LogP contribution in [0.25, 0.3) is 0 Å². The van der Waals surface area contributed by atoms with E-state index in [1.54, 1.807) is 0 Å². The Labute approximate surface area is 171 Å². The Morgan fingerprint density at radius 2 is 1.83 bits per heavy atom. The van der Waals surface area contributed by atoms with Gasteiger partial charge in [-0.05, 0) is 62.3 Å². The van der Waals surface area contributed by atoms with Crippen molar-refractivity contribution in [3.05, 3.63) is 76.8 Å². The summed E-state index contributed by atoms with van der Waals surface area (Å²) in [7, 11) is 0. The van der Waals surface area contributed by atoms with Crippen molar-refractivity contribution in [1.82, 2.24) is 15.8 Å². The van der Waals surface area contributed by atoms with E-state index in [0.29, 0.717) is 17.7 Å². The van der Waals surface area contributed by atoms with E-state index in [0.717, 1.165) is 12.1 Å². The molecule has 1 saturated carbocycles. The number of aliphatic hydroxyl groups excluding tert-OH is 1. The summed E-state index contributed by atoms with van der Waals surface area (Å²) in [5.74, 6) is 0.786. The monoisotopic (exact) mass is 389 g/mol. The quantitative estimate of drug-likeness (QED) is 0.659. The largest absolute Gasteiger partial charge is 0.492 e. The fourth-order valence-corrected chi connectivity index (χ4v) is 4.56. The molecule has 3 atom stereocenters. The SMILES string of the molecule is Cc1ccc(C2CC(C3CC3)NC3C(N=Nc4ccccc4)=C(O)NN32)c(C)c1. The van der Waals surface area contributed by atoms with Crippen LogP contribution in [0.2, 0.25) is 0 Å². The molecule has 0 amide bonds. The Bertz CT molecular complexity index is 966. The van der Waals surface area contributed by atoms with E-state index in [9.17, 15) is 5.11 Å². The number of aryl methyl sites for hydroxylation is 2. The molecular formula is C23H27N5O. The minimum absolute atomic E-state index is 0.0772. The van der Waals surface area contributed by atoms with E-state index in [-0.39, 0.29) is 18.1 Å². The zero-order chi connectivity index (χ0) is 20.0. The number of hydrogen-bond acceptors (Lipinski definition) is 6. The van der Waals surface area contributed by atoms with Gasteiger partial charge < -0.3 is 5.11 Å². The van der Waals surface area contributed by atoms with Crippen LogP contribution in [0.15, 0.2) is 70.3 Å². The van der Waals surface area contributed by atoms with E-state index < -0.39 is 0 Å². The minimum Gasteiger partial charge on any atom is -0.492 e. The highest BCUT2D eigenvalue weighted by molar-refractivity contribution is 5.37. The van der Waals surface area contributed by atoms with Gasteiger partial charge in [-0.3, -0.25) is 10.7 Å². The maximum Gasteiger partial charge on any atom is 0.226 e. The van der Waals surface area contributed by atoms with Gasteiger partial charge in [0.2, 0.25) is 5.88 Å². The Morgan fingerprint density at radius 1 is 1.03 bits per heavy atom. The molecule has 6 heteroatoms. The molecule has 2 aliphatic heterocycles. The molecule has 29 heavy (non-hydrogen) atoms. The van der Waals surface area contributed by atoms with Gasteiger partial charge in [-0.25, -0.2) is 0 Å². The van der Waals surface area contributed by atoms with Crippen molar-refractivity contribution in [2.24, 2.45) is 16.1 Å². The van der Waals surface area contributed by atoms with Gasteiger partial charge in [0, 0.05) is 6.04 Å². The molecule has 6 nitrogen and oxygen atoms in total. The molecule has 5 rings (SSSR count). The van der Waals surface area contributed by atoms with E-state index in [1.165, 1.54) is 29.5 Å². The van der Waals surface area contributed by atoms with Gasteiger partial charge in [0.05, 0.1) is 11.7 Å². The Morgan fingerprint density at radius 3 is 2.55 bits per heavy atom. The summed E-state index contributed by atoms with van der Waals surface area (Å²) in [6, 6.07) is 16.8. The van der Waals surface area contributed by atoms with E-state index in [4.69, 9.17) is 0 Å². The topological polar surface area (TPSA) is 72.2 Å². The zero-order valence-corrected chi connectivity index (χ0v) is 16.8. The second kappa shape index (κ2) is 7.28. The Kier molecular flexibility index (Phi) is 4.60. The first kappa shape index (κ1) is 18.3. The van der Waals surface area contributed by atoms with Gasteiger partial charge in [-0.15, -0.1) is 5.11 Å². The number of azo groups is 1. The molecule has 1 saturated heterocycles. The molecule has 1 aliphatic carbocycles. The van der Waals surface area contributed by atoms with Crippen LogP contribution < -0.4 is 10.7 Å². The van der Waals surface area contributed by atoms with Gasteiger partial charge >= 0.3 is 0 Å². The van der Waals surface area contributed by atoms with Gasteiger partial charge in [-0.1, -0.05) is 42.0 Å². The fourth-order valence-electron chi connectivity index (χ4n) is 4.56. The predicted molar refractivity (Wildman–Crippen MR) is 112 cm³/mol. The first-order valence-corrected chi connectivity index (χ1v) is 10.4. The van der Waals surface area contributed by atoms with Crippen molar-refractivity contribution >= 4 is 5.69 Å². The summed E-state index contributed by atoms with van der Waals surface area (Å²) in [6.07, 6.45) is 3.35. The number of fused-ring (bicyclic) bond motifs is 1. The lowest BCUT2D eigenvalue weighted by atomic mass is 9.90. The molecule has 3 unspecified atom stereocenters. The van der Waals surface area contributed by atoms with E-state index in [2.05, 4.69) is 58.0 Å². The smallest absolute Gasteiger partial charge is 0.226 e. The molecular weight excluding hydrogens is 362 g/mol. The molecule has 2 aromatic rings. The molecule has 3 N–H and O–H groups in total. The average Bonchev–Trinajstić information content (AvgIpc) is 3.51. The minimum atomic E-state index is -0.201. The normalized spacial score (nSPS) is 27.3. The number of aliphatic hydroxyl groups is 1. The number of nitrogens with one attached hydrogen (secondary N) is 2. The lowest BCUT2D eigenvalue weighted by Gasteiger charge is -2.43. The van der Waals surface area contributed by atoms with Crippen LogP contribution in [0.4, 0.5) is 5.69 Å². The molecule has 0 bridgehead atoms. The number of benzene rings is 2. The number of hydrazine groups is 1. The van der Waals surface area contributed by atoms with Crippen molar-refractivity contribution in [1.29, 1.82) is 0 Å². The number of nitrogens with zero attached hydrogens (tertiary/aromatic N) is 3. The fraction of sp³-hybridized carbons (Fsp3) is 0.391. The second-order valence-corrected chi connectivity index (χ2v) is 8.41. The van der Waals surface area contributed by atoms with Crippen LogP contribution in [-0.4, -0.2) is 22.3 Å². The first-order valence-electron chi connectivity index (χ1n) is 10.4. The lowest BCUT2D eigenvalue weighted by molar-refractivity contribution is 0.0308. The Balaban J connectivity index is 1.47. The number of rotatable bonds is 4. The van der Waals surface area contributed by atoms with Crippen LogP contribution in [0.3, 0.4) is 0 Å². The summed E-state index contributed by atoms with van der Waals surface area (Å²) >= 11 is 0. The highest BCUT2D eigenvalue weighted by Gasteiger charge is 2.47. The van der Waals surface area contributed by atoms with E-state index in [1.807, 2.05) is 30.3 Å².